The average Bonchev–Trinajstić information content (AvgIpc) is 3.05. The number of rotatable bonds is 4. The Hall–Kier alpha value is -1.90. The van der Waals surface area contributed by atoms with Gasteiger partial charge in [-0.2, -0.15) is 18.2 Å². The molecule has 8 heteroatoms. The number of ether oxygens (including phenoxy) is 2. The van der Waals surface area contributed by atoms with Gasteiger partial charge in [-0.15, -0.1) is 0 Å². The van der Waals surface area contributed by atoms with E-state index >= 15 is 0 Å². The van der Waals surface area contributed by atoms with E-state index in [2.05, 4.69) is 0 Å². The molecule has 5 nitrogen and oxygen atoms in total. The van der Waals surface area contributed by atoms with Crippen molar-refractivity contribution in [3.63, 3.8) is 0 Å². The molecule has 0 radical (unpaired) electrons. The summed E-state index contributed by atoms with van der Waals surface area (Å²) in [6.45, 7) is 0.774. The molecule has 2 aliphatic rings. The zero-order valence-electron chi connectivity index (χ0n) is 13.4. The fourth-order valence-electron chi connectivity index (χ4n) is 2.84. The van der Waals surface area contributed by atoms with Crippen LogP contribution in [-0.2, 0) is 25.7 Å². The van der Waals surface area contributed by atoms with Gasteiger partial charge < -0.3 is 9.47 Å². The highest BCUT2D eigenvalue weighted by Gasteiger charge is 2.46. The first-order chi connectivity index (χ1) is 11.9. The molecule has 0 bridgehead atoms. The van der Waals surface area contributed by atoms with E-state index in [0.717, 1.165) is 0 Å². The lowest BCUT2D eigenvalue weighted by Gasteiger charge is -2.34. The summed E-state index contributed by atoms with van der Waals surface area (Å²) in [6.07, 6.45) is -2.67. The van der Waals surface area contributed by atoms with E-state index in [1.54, 1.807) is 30.3 Å². The van der Waals surface area contributed by atoms with Crippen molar-refractivity contribution in [3.8, 4) is 0 Å². The maximum absolute atomic E-state index is 12.9. The third-order valence-electron chi connectivity index (χ3n) is 4.12. The number of allylic oxidation sites excluding steroid dienone is 1. The molecule has 0 saturated carbocycles. The molecule has 1 aliphatic heterocycles. The second-order valence-electron chi connectivity index (χ2n) is 5.86. The van der Waals surface area contributed by atoms with Gasteiger partial charge in [0.25, 0.3) is 0 Å². The van der Waals surface area contributed by atoms with Crippen molar-refractivity contribution in [1.82, 2.24) is 5.06 Å². The fraction of sp³-hybridized carbons (Fsp3) is 0.471. The standard InChI is InChI=1S/C17H18F3NO4/c18-17(19,20)15(22)21(25-12-13-4-2-1-3-5-13)14-6-8-16(9-7-14)23-10-11-24-16/h1-6H,7-12H2. The number of hydrogen-bond donors (Lipinski definition) is 0. The summed E-state index contributed by atoms with van der Waals surface area (Å²) < 4.78 is 49.8. The van der Waals surface area contributed by atoms with Gasteiger partial charge in [-0.05, 0) is 12.0 Å². The molecule has 0 N–H and O–H groups in total. The van der Waals surface area contributed by atoms with Crippen molar-refractivity contribution < 1.29 is 32.3 Å². The number of amides is 1. The highest BCUT2D eigenvalue weighted by atomic mass is 19.4. The molecule has 1 aromatic carbocycles. The van der Waals surface area contributed by atoms with E-state index in [1.807, 2.05) is 0 Å². The van der Waals surface area contributed by atoms with Gasteiger partial charge in [-0.3, -0.25) is 9.63 Å². The Bertz CT molecular complexity index is 639. The Morgan fingerprint density at radius 2 is 1.88 bits per heavy atom. The molecule has 1 fully saturated rings. The SMILES string of the molecule is O=C(N(OCc1ccccc1)C1=CCC2(CC1)OCCO2)C(F)(F)F. The molecule has 0 aromatic heterocycles. The molecule has 1 spiro atoms. The number of nitrogens with zero attached hydrogens (tertiary/aromatic N) is 1. The predicted molar refractivity (Wildman–Crippen MR) is 80.7 cm³/mol. The predicted octanol–water partition coefficient (Wildman–Crippen LogP) is 3.32. The van der Waals surface area contributed by atoms with Gasteiger partial charge in [-0.1, -0.05) is 36.4 Å². The maximum Gasteiger partial charge on any atom is 0.473 e. The quantitative estimate of drug-likeness (QED) is 0.776. The van der Waals surface area contributed by atoms with Crippen LogP contribution in [0.2, 0.25) is 0 Å². The molecule has 1 aromatic rings. The van der Waals surface area contributed by atoms with E-state index in [-0.39, 0.29) is 25.1 Å². The van der Waals surface area contributed by atoms with Crippen LogP contribution in [0.3, 0.4) is 0 Å². The molecule has 0 unspecified atom stereocenters. The monoisotopic (exact) mass is 357 g/mol. The van der Waals surface area contributed by atoms with E-state index in [0.29, 0.717) is 30.3 Å². The van der Waals surface area contributed by atoms with Gasteiger partial charge in [0, 0.05) is 18.5 Å². The van der Waals surface area contributed by atoms with Crippen molar-refractivity contribution in [2.75, 3.05) is 13.2 Å². The van der Waals surface area contributed by atoms with E-state index in [4.69, 9.17) is 14.3 Å². The van der Waals surface area contributed by atoms with E-state index < -0.39 is 17.9 Å². The van der Waals surface area contributed by atoms with E-state index in [1.165, 1.54) is 6.08 Å². The van der Waals surface area contributed by atoms with Crippen molar-refractivity contribution in [1.29, 1.82) is 0 Å². The molecule has 1 heterocycles. The minimum atomic E-state index is -5.02. The summed E-state index contributed by atoms with van der Waals surface area (Å²) in [4.78, 5) is 17.0. The van der Waals surface area contributed by atoms with Crippen molar-refractivity contribution >= 4 is 5.91 Å². The summed E-state index contributed by atoms with van der Waals surface area (Å²) in [7, 11) is 0. The third kappa shape index (κ3) is 4.20. The van der Waals surface area contributed by atoms with Crippen LogP contribution < -0.4 is 0 Å². The van der Waals surface area contributed by atoms with Crippen molar-refractivity contribution in [2.24, 2.45) is 0 Å². The highest BCUT2D eigenvalue weighted by Crippen LogP contribution is 2.37. The fourth-order valence-corrected chi connectivity index (χ4v) is 2.84. The van der Waals surface area contributed by atoms with Crippen LogP contribution in [0, 0.1) is 0 Å². The minimum absolute atomic E-state index is 0.141. The van der Waals surface area contributed by atoms with Gasteiger partial charge in [0.15, 0.2) is 5.79 Å². The first-order valence-corrected chi connectivity index (χ1v) is 7.95. The van der Waals surface area contributed by atoms with Crippen LogP contribution in [0.15, 0.2) is 42.1 Å². The van der Waals surface area contributed by atoms with Crippen molar-refractivity contribution in [3.05, 3.63) is 47.7 Å². The van der Waals surface area contributed by atoms with Gasteiger partial charge in [0.1, 0.15) is 6.61 Å². The van der Waals surface area contributed by atoms with Crippen LogP contribution in [-0.4, -0.2) is 36.1 Å². The second-order valence-corrected chi connectivity index (χ2v) is 5.86. The van der Waals surface area contributed by atoms with Crippen LogP contribution in [0.1, 0.15) is 24.8 Å². The molecule has 1 amide bonds. The molecular formula is C17H18F3NO4. The van der Waals surface area contributed by atoms with E-state index in [9.17, 15) is 18.0 Å². The Kier molecular flexibility index (Phi) is 5.12. The highest BCUT2D eigenvalue weighted by molar-refractivity contribution is 5.82. The largest absolute Gasteiger partial charge is 0.473 e. The summed E-state index contributed by atoms with van der Waals surface area (Å²) in [5.74, 6) is -2.82. The number of alkyl halides is 3. The lowest BCUT2D eigenvalue weighted by molar-refractivity contribution is -0.227. The van der Waals surface area contributed by atoms with Crippen LogP contribution in [0.5, 0.6) is 0 Å². The Morgan fingerprint density at radius 3 is 2.44 bits per heavy atom. The van der Waals surface area contributed by atoms with Gasteiger partial charge in [0.05, 0.1) is 13.2 Å². The molecule has 1 aliphatic carbocycles. The second kappa shape index (κ2) is 7.15. The normalized spacial score (nSPS) is 19.7. The summed E-state index contributed by atoms with van der Waals surface area (Å²) in [5.41, 5.74) is 0.834. The number of halogens is 3. The van der Waals surface area contributed by atoms with Gasteiger partial charge in [-0.25, -0.2) is 0 Å². The zero-order chi connectivity index (χ0) is 17.9. The zero-order valence-corrected chi connectivity index (χ0v) is 13.4. The number of benzene rings is 1. The number of hydrogen-bond acceptors (Lipinski definition) is 4. The summed E-state index contributed by atoms with van der Waals surface area (Å²) in [6, 6.07) is 8.69. The summed E-state index contributed by atoms with van der Waals surface area (Å²) in [5, 5.41) is 0.356. The lowest BCUT2D eigenvalue weighted by atomic mass is 9.97. The van der Waals surface area contributed by atoms with Crippen LogP contribution in [0.4, 0.5) is 13.2 Å². The third-order valence-corrected chi connectivity index (χ3v) is 4.12. The average molecular weight is 357 g/mol. The lowest BCUT2D eigenvalue weighted by Crippen LogP contribution is -2.42. The Balaban J connectivity index is 1.74. The Labute approximate surface area is 142 Å². The first-order valence-electron chi connectivity index (χ1n) is 7.95. The van der Waals surface area contributed by atoms with Crippen molar-refractivity contribution in [2.45, 2.75) is 37.8 Å². The molecule has 0 atom stereocenters. The number of hydroxylamine groups is 2. The molecule has 1 saturated heterocycles. The Morgan fingerprint density at radius 1 is 1.20 bits per heavy atom. The smallest absolute Gasteiger partial charge is 0.347 e. The van der Waals surface area contributed by atoms with Crippen LogP contribution >= 0.6 is 0 Å². The van der Waals surface area contributed by atoms with Gasteiger partial charge in [0.2, 0.25) is 0 Å². The summed E-state index contributed by atoms with van der Waals surface area (Å²) >= 11 is 0. The first kappa shape index (κ1) is 17.9. The van der Waals surface area contributed by atoms with Crippen LogP contribution in [0.25, 0.3) is 0 Å². The maximum atomic E-state index is 12.9. The molecular weight excluding hydrogens is 339 g/mol. The minimum Gasteiger partial charge on any atom is -0.347 e. The number of carbonyl (C=O) groups excluding carboxylic acids is 1. The topological polar surface area (TPSA) is 48.0 Å². The number of carbonyl (C=O) groups is 1. The molecule has 3 rings (SSSR count). The van der Waals surface area contributed by atoms with Gasteiger partial charge >= 0.3 is 12.1 Å². The molecule has 136 valence electrons. The molecule has 25 heavy (non-hydrogen) atoms.